The van der Waals surface area contributed by atoms with E-state index in [9.17, 15) is 9.18 Å². The Morgan fingerprint density at radius 3 is 2.91 bits per heavy atom. The molecule has 1 atom stereocenters. The van der Waals surface area contributed by atoms with Crippen molar-refractivity contribution in [2.75, 3.05) is 38.2 Å². The molecule has 1 fully saturated rings. The van der Waals surface area contributed by atoms with Gasteiger partial charge < -0.3 is 14.5 Å². The molecule has 0 N–H and O–H groups in total. The van der Waals surface area contributed by atoms with E-state index in [1.54, 1.807) is 6.92 Å². The number of nitrogens with zero attached hydrogens (tertiary/aromatic N) is 5. The van der Waals surface area contributed by atoms with Gasteiger partial charge in [0.1, 0.15) is 17.8 Å². The molecule has 2 aromatic heterocycles. The van der Waals surface area contributed by atoms with Crippen LogP contribution in [0.5, 0.6) is 5.75 Å². The third-order valence-electron chi connectivity index (χ3n) is 4.40. The third kappa shape index (κ3) is 2.20. The maximum atomic E-state index is 14.6. The highest BCUT2D eigenvalue weighted by Crippen LogP contribution is 2.38. The Balaban J connectivity index is 2.06. The summed E-state index contributed by atoms with van der Waals surface area (Å²) in [5, 5.41) is 0.481. The molecule has 0 aliphatic carbocycles. The zero-order chi connectivity index (χ0) is 16.3. The van der Waals surface area contributed by atoms with E-state index in [-0.39, 0.29) is 17.5 Å². The van der Waals surface area contributed by atoms with E-state index in [0.29, 0.717) is 30.0 Å². The van der Waals surface area contributed by atoms with Crippen LogP contribution in [-0.2, 0) is 0 Å². The molecule has 0 aromatic carbocycles. The number of aryl methyl sites for hydroxylation is 1. The summed E-state index contributed by atoms with van der Waals surface area (Å²) in [4.78, 5) is 24.9. The minimum absolute atomic E-state index is 0.0287. The van der Waals surface area contributed by atoms with E-state index in [1.807, 2.05) is 34.8 Å². The van der Waals surface area contributed by atoms with Crippen molar-refractivity contribution in [2.24, 2.45) is 0 Å². The van der Waals surface area contributed by atoms with Crippen LogP contribution in [0.3, 0.4) is 0 Å². The number of piperazine rings is 1. The number of likely N-dealkylation sites (N-methyl/N-ethyl adjacent to an activating group) is 1. The fraction of sp³-hybridized carbons (Fsp3) is 0.500. The van der Waals surface area contributed by atoms with Gasteiger partial charge in [-0.25, -0.2) is 16.9 Å². The van der Waals surface area contributed by atoms with Gasteiger partial charge in [-0.3, -0.25) is 0 Å². The molecule has 4 rings (SSSR count). The fourth-order valence-electron chi connectivity index (χ4n) is 3.22. The molecule has 122 valence electrons. The summed E-state index contributed by atoms with van der Waals surface area (Å²) in [5.74, 6) is 0.149. The summed E-state index contributed by atoms with van der Waals surface area (Å²) < 4.78 is 21.7. The molecule has 2 aromatic rings. The van der Waals surface area contributed by atoms with Gasteiger partial charge in [-0.2, -0.15) is 4.98 Å². The first-order valence-electron chi connectivity index (χ1n) is 7.34. The van der Waals surface area contributed by atoms with Crippen molar-refractivity contribution in [1.82, 2.24) is 17.6 Å². The van der Waals surface area contributed by atoms with Gasteiger partial charge in [0.25, 0.3) is 0 Å². The summed E-state index contributed by atoms with van der Waals surface area (Å²) in [6.07, 6.45) is 0. The van der Waals surface area contributed by atoms with Crippen LogP contribution in [0.15, 0.2) is 4.79 Å². The number of anilines is 1. The lowest BCUT2D eigenvalue weighted by Crippen LogP contribution is -2.54. The maximum Gasteiger partial charge on any atom is 0.360 e. The van der Waals surface area contributed by atoms with Gasteiger partial charge in [-0.1, -0.05) is 0 Å². The Morgan fingerprint density at radius 1 is 1.35 bits per heavy atom. The van der Waals surface area contributed by atoms with Crippen LogP contribution in [0, 0.1) is 12.7 Å². The lowest BCUT2D eigenvalue weighted by Gasteiger charge is -2.39. The van der Waals surface area contributed by atoms with Crippen LogP contribution in [0.2, 0.25) is 0 Å². The largest absolute Gasteiger partial charge is 0.487 e. The summed E-state index contributed by atoms with van der Waals surface area (Å²) >= 11 is 1.84. The highest BCUT2D eigenvalue weighted by Gasteiger charge is 2.34. The van der Waals surface area contributed by atoms with Gasteiger partial charge in [0.15, 0.2) is 17.2 Å². The van der Waals surface area contributed by atoms with Crippen LogP contribution >= 0.6 is 22.9 Å². The standard InChI is InChI=1S/C14H15FIN5O2/c1-7-10(15)11-9-12(18-14(22)21(16)13(9)17-7)20-4-3-19(2)5-8(20)6-23-11/h8H,3-6H2,1-2H3. The summed E-state index contributed by atoms with van der Waals surface area (Å²) in [7, 11) is 2.04. The highest BCUT2D eigenvalue weighted by molar-refractivity contribution is 14.1. The fourth-order valence-corrected chi connectivity index (χ4v) is 3.68. The van der Waals surface area contributed by atoms with Crippen molar-refractivity contribution in [3.8, 4) is 5.75 Å². The van der Waals surface area contributed by atoms with Crippen molar-refractivity contribution in [2.45, 2.75) is 13.0 Å². The van der Waals surface area contributed by atoms with E-state index in [1.165, 1.54) is 2.78 Å². The van der Waals surface area contributed by atoms with Crippen LogP contribution in [0.1, 0.15) is 5.69 Å². The van der Waals surface area contributed by atoms with Gasteiger partial charge >= 0.3 is 5.69 Å². The molecule has 0 saturated carbocycles. The SMILES string of the molecule is Cc1nc2c3c(nc(=O)n2I)N2CCN(C)CC2COc3c1F. The van der Waals surface area contributed by atoms with Gasteiger partial charge in [-0.15, -0.1) is 0 Å². The first-order valence-corrected chi connectivity index (χ1v) is 8.31. The quantitative estimate of drug-likeness (QED) is 0.580. The number of hydrogen-bond donors (Lipinski definition) is 0. The Hall–Kier alpha value is -1.49. The van der Waals surface area contributed by atoms with Crippen LogP contribution in [0.4, 0.5) is 10.2 Å². The van der Waals surface area contributed by atoms with Crippen molar-refractivity contribution < 1.29 is 9.13 Å². The van der Waals surface area contributed by atoms with Gasteiger partial charge in [0.05, 0.1) is 34.6 Å². The molecule has 23 heavy (non-hydrogen) atoms. The number of hydrogen-bond acceptors (Lipinski definition) is 6. The normalized spacial score (nSPS) is 21.0. The molecule has 7 nitrogen and oxygen atoms in total. The average Bonchev–Trinajstić information content (AvgIpc) is 2.67. The minimum atomic E-state index is -0.483. The number of ether oxygens (including phenoxy) is 1. The Labute approximate surface area is 145 Å². The van der Waals surface area contributed by atoms with Gasteiger partial charge in [0.2, 0.25) is 0 Å². The second-order valence-electron chi connectivity index (χ2n) is 5.96. The Bertz CT molecular complexity index is 871. The minimum Gasteiger partial charge on any atom is -0.487 e. The van der Waals surface area contributed by atoms with Gasteiger partial charge in [0, 0.05) is 19.6 Å². The Morgan fingerprint density at radius 2 is 2.13 bits per heavy atom. The summed E-state index contributed by atoms with van der Waals surface area (Å²) in [6.45, 7) is 4.27. The van der Waals surface area contributed by atoms with Crippen LogP contribution in [-0.4, -0.2) is 57.0 Å². The molecular formula is C14H15FIN5O2. The van der Waals surface area contributed by atoms with E-state index >= 15 is 0 Å². The number of rotatable bonds is 0. The number of aromatic nitrogens is 3. The number of halogens is 2. The summed E-state index contributed by atoms with van der Waals surface area (Å²) in [6, 6.07) is 0.0287. The molecule has 2 aliphatic rings. The van der Waals surface area contributed by atoms with Gasteiger partial charge in [-0.05, 0) is 14.0 Å². The molecule has 0 spiro atoms. The molecule has 4 heterocycles. The molecule has 1 unspecified atom stereocenters. The number of fused-ring (bicyclic) bond motifs is 2. The number of pyridine rings is 1. The first kappa shape index (κ1) is 15.1. The van der Waals surface area contributed by atoms with Crippen LogP contribution in [0.25, 0.3) is 11.0 Å². The van der Waals surface area contributed by atoms with E-state index in [0.717, 1.165) is 13.1 Å². The van der Waals surface area contributed by atoms with Crippen molar-refractivity contribution in [3.05, 3.63) is 22.0 Å². The third-order valence-corrected chi connectivity index (χ3v) is 5.27. The monoisotopic (exact) mass is 431 g/mol. The van der Waals surface area contributed by atoms with E-state index in [2.05, 4.69) is 14.9 Å². The molecule has 0 radical (unpaired) electrons. The smallest absolute Gasteiger partial charge is 0.360 e. The molecule has 0 amide bonds. The zero-order valence-corrected chi connectivity index (χ0v) is 14.9. The highest BCUT2D eigenvalue weighted by atomic mass is 127. The van der Waals surface area contributed by atoms with E-state index in [4.69, 9.17) is 4.74 Å². The van der Waals surface area contributed by atoms with Crippen molar-refractivity contribution in [3.63, 3.8) is 0 Å². The molecule has 0 bridgehead atoms. The lowest BCUT2D eigenvalue weighted by atomic mass is 10.1. The van der Waals surface area contributed by atoms with E-state index < -0.39 is 11.5 Å². The molecule has 1 saturated heterocycles. The maximum absolute atomic E-state index is 14.6. The second-order valence-corrected chi connectivity index (χ2v) is 6.92. The summed E-state index contributed by atoms with van der Waals surface area (Å²) in [5.41, 5.74) is 0.206. The van der Waals surface area contributed by atoms with Crippen molar-refractivity contribution >= 4 is 39.7 Å². The lowest BCUT2D eigenvalue weighted by molar-refractivity contribution is 0.204. The average molecular weight is 431 g/mol. The molecule has 9 heteroatoms. The zero-order valence-electron chi connectivity index (χ0n) is 12.7. The second kappa shape index (κ2) is 5.26. The molecular weight excluding hydrogens is 416 g/mol. The molecule has 2 aliphatic heterocycles. The first-order chi connectivity index (χ1) is 11.0. The topological polar surface area (TPSA) is 63.5 Å². The Kier molecular flexibility index (Phi) is 3.45. The van der Waals surface area contributed by atoms with Crippen LogP contribution < -0.4 is 15.3 Å². The predicted octanol–water partition coefficient (Wildman–Crippen LogP) is 0.950. The predicted molar refractivity (Wildman–Crippen MR) is 92.0 cm³/mol. The van der Waals surface area contributed by atoms with Crippen molar-refractivity contribution in [1.29, 1.82) is 0 Å².